The number of aromatic nitrogens is 4. The molecule has 0 bridgehead atoms. The van der Waals surface area contributed by atoms with Crippen LogP contribution >= 0.6 is 6.57 Å². The van der Waals surface area contributed by atoms with Crippen LogP contribution in [0.25, 0.3) is 11.2 Å². The molecule has 3 rings (SSSR count). The number of alkyl halides is 3. The van der Waals surface area contributed by atoms with E-state index in [9.17, 15) is 23.5 Å². The van der Waals surface area contributed by atoms with Crippen molar-refractivity contribution in [1.29, 1.82) is 0 Å². The molecular weight excluding hydrogens is 606 g/mol. The average molecular weight is 642 g/mol. The zero-order valence-electron chi connectivity index (χ0n) is 23.7. The standard InChI is InChI=1S/C23H35F3N7O7PS/c1-10(2)38-20(35)12(5)31-41(42,32-13(6)21(36)39-11(3)4)37-7-23(22(25)26)16(34)14(24)19(40-23)33-9-30-15-17(27)28-8-29-18(15)33/h8-14,16,19,22,34H,7H2,1-6H3,(H2,27,28,29)(H2,31,32,42)/t12-,13-,14-,16-,19+,23+/m0/s1. The molecule has 1 aliphatic rings. The predicted molar refractivity (Wildman–Crippen MR) is 147 cm³/mol. The van der Waals surface area contributed by atoms with Gasteiger partial charge in [-0.15, -0.1) is 0 Å². The molecule has 0 radical (unpaired) electrons. The van der Waals surface area contributed by atoms with Crippen molar-refractivity contribution in [1.82, 2.24) is 29.7 Å². The first-order valence-electron chi connectivity index (χ1n) is 12.9. The van der Waals surface area contributed by atoms with Gasteiger partial charge in [-0.05, 0) is 53.3 Å². The number of carbonyl (C=O) groups excluding carboxylic acids is 2. The summed E-state index contributed by atoms with van der Waals surface area (Å²) in [5, 5.41) is 16.2. The van der Waals surface area contributed by atoms with Crippen LogP contribution in [-0.4, -0.2) is 91.8 Å². The van der Waals surface area contributed by atoms with E-state index in [0.29, 0.717) is 0 Å². The highest BCUT2D eigenvalue weighted by atomic mass is 32.4. The van der Waals surface area contributed by atoms with Crippen LogP contribution in [0.5, 0.6) is 0 Å². The maximum Gasteiger partial charge on any atom is 0.323 e. The first kappa shape index (κ1) is 34.0. The third kappa shape index (κ3) is 7.35. The average Bonchev–Trinajstić information content (AvgIpc) is 3.42. The number of aliphatic hydroxyl groups excluding tert-OH is 1. The minimum absolute atomic E-state index is 0.0169. The predicted octanol–water partition coefficient (Wildman–Crippen LogP) is 1.74. The Labute approximate surface area is 245 Å². The van der Waals surface area contributed by atoms with Crippen molar-refractivity contribution in [3.8, 4) is 0 Å². The van der Waals surface area contributed by atoms with Gasteiger partial charge in [-0.25, -0.2) is 38.3 Å². The maximum atomic E-state index is 15.5. The lowest BCUT2D eigenvalue weighted by molar-refractivity contribution is -0.190. The Kier molecular flexibility index (Phi) is 10.9. The summed E-state index contributed by atoms with van der Waals surface area (Å²) in [4.78, 5) is 36.7. The SMILES string of the molecule is CC(C)OC(=O)[C@H](C)NP(=S)(N[C@@H](C)C(=O)OC(C)C)OC[C@@]1(C(F)F)O[C@@H](n2cnc3c(N)ncnc32)[C@@H](F)[C@@H]1O. The van der Waals surface area contributed by atoms with Crippen molar-refractivity contribution in [3.63, 3.8) is 0 Å². The fourth-order valence-corrected chi connectivity index (χ4v) is 6.95. The smallest absolute Gasteiger partial charge is 0.323 e. The lowest BCUT2D eigenvalue weighted by atomic mass is 9.97. The fraction of sp³-hybridized carbons (Fsp3) is 0.696. The molecule has 0 aliphatic carbocycles. The topological polar surface area (TPSA) is 185 Å². The third-order valence-electron chi connectivity index (χ3n) is 6.06. The van der Waals surface area contributed by atoms with Crippen LogP contribution in [0.2, 0.25) is 0 Å². The first-order valence-corrected chi connectivity index (χ1v) is 15.7. The summed E-state index contributed by atoms with van der Waals surface area (Å²) in [7, 11) is 0. The first-order chi connectivity index (χ1) is 19.5. The Bertz CT molecular complexity index is 1290. The number of carbonyl (C=O) groups is 2. The number of nitrogens with one attached hydrogen (secondary N) is 2. The number of ether oxygens (including phenoxy) is 3. The third-order valence-corrected chi connectivity index (χ3v) is 8.95. The van der Waals surface area contributed by atoms with Gasteiger partial charge in [0.1, 0.15) is 30.0 Å². The number of nitrogen functional groups attached to an aromatic ring is 1. The van der Waals surface area contributed by atoms with Crippen LogP contribution in [0.3, 0.4) is 0 Å². The van der Waals surface area contributed by atoms with Crippen LogP contribution in [0.4, 0.5) is 19.0 Å². The molecule has 0 amide bonds. The van der Waals surface area contributed by atoms with E-state index < -0.39 is 79.9 Å². The van der Waals surface area contributed by atoms with Crippen LogP contribution < -0.4 is 15.9 Å². The fourth-order valence-electron chi connectivity index (χ4n) is 4.00. The van der Waals surface area contributed by atoms with E-state index in [1.54, 1.807) is 27.7 Å². The van der Waals surface area contributed by atoms with Gasteiger partial charge in [0.2, 0.25) is 0 Å². The molecular formula is C23H35F3N7O7PS. The van der Waals surface area contributed by atoms with Crippen molar-refractivity contribution in [2.45, 2.75) is 96.4 Å². The second kappa shape index (κ2) is 13.4. The van der Waals surface area contributed by atoms with Crippen LogP contribution in [0, 0.1) is 0 Å². The van der Waals surface area contributed by atoms with E-state index in [4.69, 9.17) is 36.3 Å². The van der Waals surface area contributed by atoms with Gasteiger partial charge in [0.25, 0.3) is 6.43 Å². The molecule has 14 nitrogen and oxygen atoms in total. The number of halogens is 3. The van der Waals surface area contributed by atoms with Crippen LogP contribution in [0.1, 0.15) is 47.8 Å². The van der Waals surface area contributed by atoms with Crippen molar-refractivity contribution < 1.29 is 46.6 Å². The van der Waals surface area contributed by atoms with Gasteiger partial charge in [0, 0.05) is 0 Å². The Morgan fingerprint density at radius 3 is 2.17 bits per heavy atom. The molecule has 6 atom stereocenters. The molecule has 0 spiro atoms. The largest absolute Gasteiger partial charge is 0.462 e. The van der Waals surface area contributed by atoms with Gasteiger partial charge >= 0.3 is 11.9 Å². The molecule has 2 aromatic rings. The molecule has 2 aromatic heterocycles. The zero-order chi connectivity index (χ0) is 31.6. The molecule has 19 heteroatoms. The van der Waals surface area contributed by atoms with Gasteiger partial charge < -0.3 is 29.6 Å². The molecule has 42 heavy (non-hydrogen) atoms. The summed E-state index contributed by atoms with van der Waals surface area (Å²) in [6.45, 7) is 4.32. The van der Waals surface area contributed by atoms with Gasteiger partial charge in [0.05, 0.1) is 25.1 Å². The maximum absolute atomic E-state index is 15.5. The molecule has 1 aliphatic heterocycles. The van der Waals surface area contributed by atoms with E-state index in [1.807, 2.05) is 0 Å². The number of aliphatic hydroxyl groups is 1. The van der Waals surface area contributed by atoms with Gasteiger partial charge in [-0.2, -0.15) is 0 Å². The van der Waals surface area contributed by atoms with E-state index >= 15 is 4.39 Å². The van der Waals surface area contributed by atoms with E-state index in [0.717, 1.165) is 17.2 Å². The highest BCUT2D eigenvalue weighted by Gasteiger charge is 2.62. The van der Waals surface area contributed by atoms with Gasteiger partial charge in [-0.1, -0.05) is 0 Å². The number of nitrogens with two attached hydrogens (primary N) is 1. The summed E-state index contributed by atoms with van der Waals surface area (Å²) < 4.78 is 67.3. The molecule has 5 N–H and O–H groups in total. The number of imidazole rings is 1. The minimum Gasteiger partial charge on any atom is -0.462 e. The highest BCUT2D eigenvalue weighted by Crippen LogP contribution is 2.48. The monoisotopic (exact) mass is 641 g/mol. The Balaban J connectivity index is 1.91. The lowest BCUT2D eigenvalue weighted by Gasteiger charge is -2.35. The van der Waals surface area contributed by atoms with Crippen molar-refractivity contribution in [2.75, 3.05) is 12.3 Å². The summed E-state index contributed by atoms with van der Waals surface area (Å²) in [6.07, 6.45) is -8.91. The number of anilines is 1. The molecule has 0 aromatic carbocycles. The molecule has 0 saturated carbocycles. The molecule has 1 fully saturated rings. The minimum atomic E-state index is -3.80. The molecule has 1 saturated heterocycles. The highest BCUT2D eigenvalue weighted by molar-refractivity contribution is 8.10. The van der Waals surface area contributed by atoms with Crippen LogP contribution in [0.15, 0.2) is 12.7 Å². The normalized spacial score (nSPS) is 24.5. The van der Waals surface area contributed by atoms with Crippen molar-refractivity contribution in [2.24, 2.45) is 0 Å². The summed E-state index contributed by atoms with van der Waals surface area (Å²) in [5.41, 5.74) is 2.88. The zero-order valence-corrected chi connectivity index (χ0v) is 25.4. The van der Waals surface area contributed by atoms with Gasteiger partial charge in [-0.3, -0.25) is 14.2 Å². The molecule has 0 unspecified atom stereocenters. The second-order valence-electron chi connectivity index (χ2n) is 10.2. The summed E-state index contributed by atoms with van der Waals surface area (Å²) in [6, 6.07) is -2.25. The van der Waals surface area contributed by atoms with Crippen LogP contribution in [-0.2, 0) is 40.1 Å². The lowest BCUT2D eigenvalue weighted by Crippen LogP contribution is -2.53. The Hall–Kier alpha value is -2.47. The van der Waals surface area contributed by atoms with Gasteiger partial charge in [0.15, 0.2) is 36.0 Å². The summed E-state index contributed by atoms with van der Waals surface area (Å²) in [5.74, 6) is -1.51. The number of nitrogens with zero attached hydrogens (tertiary/aromatic N) is 4. The summed E-state index contributed by atoms with van der Waals surface area (Å²) >= 11 is 5.57. The number of fused-ring (bicyclic) bond motifs is 1. The molecule has 3 heterocycles. The number of esters is 2. The second-order valence-corrected chi connectivity index (χ2v) is 13.7. The Morgan fingerprint density at radius 2 is 1.67 bits per heavy atom. The van der Waals surface area contributed by atoms with E-state index in [1.165, 1.54) is 13.8 Å². The molecule has 236 valence electrons. The number of rotatable bonds is 13. The quantitative estimate of drug-likeness (QED) is 0.183. The van der Waals surface area contributed by atoms with Crippen molar-refractivity contribution >= 4 is 47.3 Å². The van der Waals surface area contributed by atoms with Crippen molar-refractivity contribution in [3.05, 3.63) is 12.7 Å². The Morgan fingerprint density at radius 1 is 1.12 bits per heavy atom. The van der Waals surface area contributed by atoms with E-state index in [2.05, 4.69) is 25.1 Å². The number of hydrogen-bond donors (Lipinski definition) is 4. The van der Waals surface area contributed by atoms with E-state index in [-0.39, 0.29) is 17.0 Å². The number of hydrogen-bond acceptors (Lipinski definition) is 12.